The summed E-state index contributed by atoms with van der Waals surface area (Å²) in [6.45, 7) is 0.263. The molecule has 3 rings (SSSR count). The normalized spacial score (nSPS) is 15.9. The molecule has 0 N–H and O–H groups in total. The summed E-state index contributed by atoms with van der Waals surface area (Å²) in [5.41, 5.74) is 2.43. The fourth-order valence-electron chi connectivity index (χ4n) is 4.09. The number of rotatable bonds is 9. The van der Waals surface area contributed by atoms with Crippen LogP contribution in [0.2, 0.25) is 0 Å². The Morgan fingerprint density at radius 2 is 1.44 bits per heavy atom. The molecule has 1 unspecified atom stereocenters. The first kappa shape index (κ1) is 23.7. The predicted molar refractivity (Wildman–Crippen MR) is 119 cm³/mol. The van der Waals surface area contributed by atoms with Gasteiger partial charge in [-0.1, -0.05) is 6.07 Å². The van der Waals surface area contributed by atoms with E-state index in [1.54, 1.807) is 53.6 Å². The van der Waals surface area contributed by atoms with Crippen LogP contribution in [0.15, 0.2) is 30.3 Å². The standard InChI is InChI=1S/C24H31NO7/c1-27-19-10-8-16(12-20(19)28-2)18-9-7-15-11-21(29-3)22(30-4)13-17(15)24(26)25(18)14-23(31-5)32-6/h8,10-13,18,23H,7,9,14H2,1-6H3. The molecule has 8 nitrogen and oxygen atoms in total. The quantitative estimate of drug-likeness (QED) is 0.547. The van der Waals surface area contributed by atoms with Gasteiger partial charge in [-0.3, -0.25) is 4.79 Å². The average molecular weight is 446 g/mol. The molecule has 8 heteroatoms. The lowest BCUT2D eigenvalue weighted by molar-refractivity contribution is -0.115. The molecule has 0 bridgehead atoms. The van der Waals surface area contributed by atoms with Gasteiger partial charge in [0.25, 0.3) is 5.91 Å². The van der Waals surface area contributed by atoms with Crippen molar-refractivity contribution in [3.63, 3.8) is 0 Å². The molecule has 0 spiro atoms. The molecule has 1 atom stereocenters. The molecule has 0 fully saturated rings. The van der Waals surface area contributed by atoms with Crippen molar-refractivity contribution in [3.8, 4) is 23.0 Å². The summed E-state index contributed by atoms with van der Waals surface area (Å²) in [5.74, 6) is 2.23. The summed E-state index contributed by atoms with van der Waals surface area (Å²) in [4.78, 5) is 15.6. The third-order valence-corrected chi connectivity index (χ3v) is 5.83. The SMILES string of the molecule is COc1ccc(C2CCc3cc(OC)c(OC)cc3C(=O)N2CC(OC)OC)cc1OC. The van der Waals surface area contributed by atoms with E-state index in [0.717, 1.165) is 11.1 Å². The van der Waals surface area contributed by atoms with Crippen LogP contribution in [0.3, 0.4) is 0 Å². The van der Waals surface area contributed by atoms with E-state index in [0.29, 0.717) is 41.4 Å². The lowest BCUT2D eigenvalue weighted by Crippen LogP contribution is -2.41. The van der Waals surface area contributed by atoms with Crippen molar-refractivity contribution in [2.24, 2.45) is 0 Å². The van der Waals surface area contributed by atoms with E-state index in [-0.39, 0.29) is 18.5 Å². The van der Waals surface area contributed by atoms with Crippen LogP contribution in [0, 0.1) is 0 Å². The fourth-order valence-corrected chi connectivity index (χ4v) is 4.09. The van der Waals surface area contributed by atoms with Crippen molar-refractivity contribution in [3.05, 3.63) is 47.0 Å². The van der Waals surface area contributed by atoms with Gasteiger partial charge in [0.2, 0.25) is 0 Å². The number of ether oxygens (including phenoxy) is 6. The van der Waals surface area contributed by atoms with E-state index < -0.39 is 6.29 Å². The zero-order valence-corrected chi connectivity index (χ0v) is 19.5. The van der Waals surface area contributed by atoms with Crippen LogP contribution < -0.4 is 18.9 Å². The van der Waals surface area contributed by atoms with E-state index in [2.05, 4.69) is 0 Å². The van der Waals surface area contributed by atoms with Crippen molar-refractivity contribution in [2.75, 3.05) is 49.2 Å². The summed E-state index contributed by atoms with van der Waals surface area (Å²) < 4.78 is 32.6. The molecule has 0 aliphatic carbocycles. The first-order valence-electron chi connectivity index (χ1n) is 10.3. The Balaban J connectivity index is 2.09. The summed E-state index contributed by atoms with van der Waals surface area (Å²) in [6.07, 6.45) is 0.814. The maximum Gasteiger partial charge on any atom is 0.254 e. The Morgan fingerprint density at radius 1 is 0.844 bits per heavy atom. The third-order valence-electron chi connectivity index (χ3n) is 5.83. The first-order chi connectivity index (χ1) is 15.5. The van der Waals surface area contributed by atoms with Gasteiger partial charge in [0, 0.05) is 19.8 Å². The number of carbonyl (C=O) groups excluding carboxylic acids is 1. The van der Waals surface area contributed by atoms with Crippen LogP contribution in [-0.2, 0) is 15.9 Å². The number of carbonyl (C=O) groups is 1. The van der Waals surface area contributed by atoms with E-state index >= 15 is 0 Å². The maximum atomic E-state index is 13.8. The molecule has 0 saturated carbocycles. The Kier molecular flexibility index (Phi) is 7.82. The van der Waals surface area contributed by atoms with Crippen molar-refractivity contribution >= 4 is 5.91 Å². The third kappa shape index (κ3) is 4.61. The van der Waals surface area contributed by atoms with E-state index in [9.17, 15) is 4.79 Å². The van der Waals surface area contributed by atoms with Crippen LogP contribution in [0.1, 0.15) is 33.9 Å². The molecule has 0 radical (unpaired) electrons. The molecule has 1 amide bonds. The minimum Gasteiger partial charge on any atom is -0.493 e. The van der Waals surface area contributed by atoms with Gasteiger partial charge < -0.3 is 33.3 Å². The zero-order chi connectivity index (χ0) is 23.3. The molecule has 32 heavy (non-hydrogen) atoms. The van der Waals surface area contributed by atoms with Gasteiger partial charge >= 0.3 is 0 Å². The van der Waals surface area contributed by atoms with Crippen LogP contribution >= 0.6 is 0 Å². The second-order valence-electron chi connectivity index (χ2n) is 7.39. The van der Waals surface area contributed by atoms with Crippen LogP contribution in [0.4, 0.5) is 0 Å². The molecule has 1 heterocycles. The van der Waals surface area contributed by atoms with Crippen LogP contribution in [0.5, 0.6) is 23.0 Å². The van der Waals surface area contributed by atoms with Gasteiger partial charge in [-0.05, 0) is 48.2 Å². The van der Waals surface area contributed by atoms with Gasteiger partial charge in [0.1, 0.15) is 0 Å². The van der Waals surface area contributed by atoms with Crippen molar-refractivity contribution in [1.29, 1.82) is 0 Å². The summed E-state index contributed by atoms with van der Waals surface area (Å²) in [7, 11) is 9.45. The maximum absolute atomic E-state index is 13.8. The van der Waals surface area contributed by atoms with E-state index in [1.807, 2.05) is 24.3 Å². The smallest absolute Gasteiger partial charge is 0.254 e. The minimum absolute atomic E-state index is 0.127. The number of hydrogen-bond donors (Lipinski definition) is 0. The largest absolute Gasteiger partial charge is 0.493 e. The summed E-state index contributed by atoms with van der Waals surface area (Å²) in [6, 6.07) is 9.12. The number of amides is 1. The number of fused-ring (bicyclic) bond motifs is 1. The van der Waals surface area contributed by atoms with Crippen LogP contribution in [-0.4, -0.2) is 66.3 Å². The van der Waals surface area contributed by atoms with E-state index in [1.165, 1.54) is 0 Å². The first-order valence-corrected chi connectivity index (χ1v) is 10.3. The number of benzene rings is 2. The molecule has 0 saturated heterocycles. The highest BCUT2D eigenvalue weighted by molar-refractivity contribution is 5.97. The summed E-state index contributed by atoms with van der Waals surface area (Å²) in [5, 5.41) is 0. The predicted octanol–water partition coefficient (Wildman–Crippen LogP) is 3.47. The fraction of sp³-hybridized carbons (Fsp3) is 0.458. The highest BCUT2D eigenvalue weighted by Crippen LogP contribution is 2.39. The van der Waals surface area contributed by atoms with Gasteiger partial charge in [0.05, 0.1) is 41.0 Å². The molecular weight excluding hydrogens is 414 g/mol. The molecule has 174 valence electrons. The van der Waals surface area contributed by atoms with Crippen LogP contribution in [0.25, 0.3) is 0 Å². The topological polar surface area (TPSA) is 75.7 Å². The van der Waals surface area contributed by atoms with Crippen molar-refractivity contribution in [1.82, 2.24) is 4.90 Å². The Labute approximate surface area is 188 Å². The number of nitrogens with zero attached hydrogens (tertiary/aromatic N) is 1. The van der Waals surface area contributed by atoms with Gasteiger partial charge in [-0.25, -0.2) is 0 Å². The number of aryl methyl sites for hydroxylation is 1. The highest BCUT2D eigenvalue weighted by Gasteiger charge is 2.34. The van der Waals surface area contributed by atoms with E-state index in [4.69, 9.17) is 28.4 Å². The average Bonchev–Trinajstić information content (AvgIpc) is 2.97. The molecule has 2 aromatic rings. The van der Waals surface area contributed by atoms with Gasteiger partial charge in [-0.2, -0.15) is 0 Å². The van der Waals surface area contributed by atoms with Gasteiger partial charge in [0.15, 0.2) is 29.3 Å². The van der Waals surface area contributed by atoms with Crippen molar-refractivity contribution in [2.45, 2.75) is 25.2 Å². The van der Waals surface area contributed by atoms with Gasteiger partial charge in [-0.15, -0.1) is 0 Å². The lowest BCUT2D eigenvalue weighted by atomic mass is 9.98. The second-order valence-corrected chi connectivity index (χ2v) is 7.39. The Morgan fingerprint density at radius 3 is 2.03 bits per heavy atom. The number of methoxy groups -OCH3 is 6. The molecule has 1 aliphatic heterocycles. The molecular formula is C24H31NO7. The minimum atomic E-state index is -0.566. The zero-order valence-electron chi connectivity index (χ0n) is 19.5. The monoisotopic (exact) mass is 445 g/mol. The molecule has 2 aromatic carbocycles. The Bertz CT molecular complexity index is 942. The number of hydrogen-bond acceptors (Lipinski definition) is 7. The second kappa shape index (κ2) is 10.6. The summed E-state index contributed by atoms with van der Waals surface area (Å²) >= 11 is 0. The molecule has 0 aromatic heterocycles. The highest BCUT2D eigenvalue weighted by atomic mass is 16.7. The Hall–Kier alpha value is -2.97. The van der Waals surface area contributed by atoms with Crippen molar-refractivity contribution < 1.29 is 33.2 Å². The lowest BCUT2D eigenvalue weighted by Gasteiger charge is -2.33. The molecule has 1 aliphatic rings.